The van der Waals surface area contributed by atoms with Crippen LogP contribution in [-0.4, -0.2) is 11.1 Å². The molecule has 0 aliphatic rings. The highest BCUT2D eigenvalue weighted by molar-refractivity contribution is 6.30. The lowest BCUT2D eigenvalue weighted by Crippen LogP contribution is -2.09. The molecule has 0 unspecified atom stereocenters. The van der Waals surface area contributed by atoms with Crippen molar-refractivity contribution in [2.24, 2.45) is 0 Å². The molecule has 0 saturated carbocycles. The molecule has 1 aromatic heterocycles. The van der Waals surface area contributed by atoms with E-state index in [9.17, 15) is 18.0 Å². The van der Waals surface area contributed by atoms with E-state index in [2.05, 4.69) is 0 Å². The third-order valence-corrected chi connectivity index (χ3v) is 4.25. The zero-order valence-electron chi connectivity index (χ0n) is 12.9. The van der Waals surface area contributed by atoms with Gasteiger partial charge in [-0.25, -0.2) is 4.79 Å². The van der Waals surface area contributed by atoms with Gasteiger partial charge in [-0.05, 0) is 48.4 Å². The van der Waals surface area contributed by atoms with Crippen LogP contribution in [0, 0.1) is 6.92 Å². The molecular weight excluding hydrogens is 357 g/mol. The number of aryl methyl sites for hydroxylation is 1. The zero-order chi connectivity index (χ0) is 18.4. The van der Waals surface area contributed by atoms with Crippen molar-refractivity contribution in [2.45, 2.75) is 19.5 Å². The number of furan rings is 1. The Kier molecular flexibility index (Phi) is 4.24. The maximum absolute atomic E-state index is 13.2. The van der Waals surface area contributed by atoms with E-state index in [0.29, 0.717) is 22.3 Å². The molecule has 7 heteroatoms. The predicted molar refractivity (Wildman–Crippen MR) is 87.2 cm³/mol. The van der Waals surface area contributed by atoms with Crippen molar-refractivity contribution < 1.29 is 27.5 Å². The number of aromatic carboxylic acids is 1. The molecule has 130 valence electrons. The summed E-state index contributed by atoms with van der Waals surface area (Å²) in [6.07, 6.45) is -4.61. The highest BCUT2D eigenvalue weighted by Gasteiger charge is 2.34. The number of rotatable bonds is 3. The van der Waals surface area contributed by atoms with Gasteiger partial charge in [-0.2, -0.15) is 13.2 Å². The Bertz CT molecular complexity index is 974. The number of hydrogen-bond acceptors (Lipinski definition) is 2. The van der Waals surface area contributed by atoms with Gasteiger partial charge in [0, 0.05) is 16.8 Å². The number of fused-ring (bicyclic) bond motifs is 1. The largest absolute Gasteiger partial charge is 0.478 e. The van der Waals surface area contributed by atoms with Gasteiger partial charge in [0.2, 0.25) is 0 Å². The van der Waals surface area contributed by atoms with Crippen molar-refractivity contribution >= 4 is 28.5 Å². The molecule has 0 amide bonds. The van der Waals surface area contributed by atoms with Crippen LogP contribution in [0.1, 0.15) is 32.8 Å². The summed E-state index contributed by atoms with van der Waals surface area (Å²) >= 11 is 5.69. The van der Waals surface area contributed by atoms with Crippen LogP contribution in [0.2, 0.25) is 5.02 Å². The minimum atomic E-state index is -4.53. The summed E-state index contributed by atoms with van der Waals surface area (Å²) in [5, 5.41) is 9.70. The minimum absolute atomic E-state index is 0.00324. The lowest BCUT2D eigenvalue weighted by molar-refractivity contribution is -0.138. The van der Waals surface area contributed by atoms with E-state index in [0.717, 1.165) is 6.07 Å². The Labute approximate surface area is 145 Å². The van der Waals surface area contributed by atoms with Crippen LogP contribution in [0.4, 0.5) is 13.2 Å². The third kappa shape index (κ3) is 3.35. The SMILES string of the molecule is Cc1c(Cc2ccc(Cl)cc2C(F)(F)F)oc2cc(C(=O)O)ccc12. The summed E-state index contributed by atoms with van der Waals surface area (Å²) in [5.41, 5.74) is 0.281. The molecule has 3 nitrogen and oxygen atoms in total. The van der Waals surface area contributed by atoms with Crippen LogP contribution in [0.5, 0.6) is 0 Å². The van der Waals surface area contributed by atoms with Gasteiger partial charge < -0.3 is 9.52 Å². The van der Waals surface area contributed by atoms with Gasteiger partial charge >= 0.3 is 12.1 Å². The number of halogens is 4. The van der Waals surface area contributed by atoms with Crippen molar-refractivity contribution in [1.29, 1.82) is 0 Å². The molecule has 25 heavy (non-hydrogen) atoms. The Balaban J connectivity index is 2.07. The first-order chi connectivity index (χ1) is 11.7. The number of carboxylic acid groups (broad SMARTS) is 1. The monoisotopic (exact) mass is 368 g/mol. The number of carbonyl (C=O) groups is 1. The van der Waals surface area contributed by atoms with Crippen LogP contribution >= 0.6 is 11.6 Å². The third-order valence-electron chi connectivity index (χ3n) is 4.01. The summed E-state index contributed by atoms with van der Waals surface area (Å²) in [7, 11) is 0. The fourth-order valence-electron chi connectivity index (χ4n) is 2.72. The number of benzene rings is 2. The summed E-state index contributed by atoms with van der Waals surface area (Å²) in [6, 6.07) is 7.99. The van der Waals surface area contributed by atoms with Gasteiger partial charge in [0.15, 0.2) is 0 Å². The predicted octanol–water partition coefficient (Wildman–Crippen LogP) is 5.70. The van der Waals surface area contributed by atoms with Crippen LogP contribution < -0.4 is 0 Å². The smallest absolute Gasteiger partial charge is 0.416 e. The van der Waals surface area contributed by atoms with Crippen LogP contribution in [0.15, 0.2) is 40.8 Å². The van der Waals surface area contributed by atoms with Gasteiger partial charge in [-0.15, -0.1) is 0 Å². The summed E-state index contributed by atoms with van der Waals surface area (Å²) in [5.74, 6) is -0.750. The molecule has 0 aliphatic heterocycles. The molecule has 0 aliphatic carbocycles. The molecule has 0 fully saturated rings. The highest BCUT2D eigenvalue weighted by atomic mass is 35.5. The van der Waals surface area contributed by atoms with E-state index in [1.807, 2.05) is 0 Å². The van der Waals surface area contributed by atoms with Gasteiger partial charge in [-0.1, -0.05) is 17.7 Å². The average molecular weight is 369 g/mol. The van der Waals surface area contributed by atoms with Crippen molar-refractivity contribution in [3.05, 3.63) is 69.4 Å². The number of carboxylic acids is 1. The van der Waals surface area contributed by atoms with Crippen molar-refractivity contribution in [3.8, 4) is 0 Å². The Morgan fingerprint density at radius 1 is 1.20 bits per heavy atom. The fourth-order valence-corrected chi connectivity index (χ4v) is 2.89. The molecule has 0 atom stereocenters. The topological polar surface area (TPSA) is 50.4 Å². The standard InChI is InChI=1S/C18H12ClF3O3/c1-9-13-5-3-11(17(23)24)7-16(13)25-15(9)6-10-2-4-12(19)8-14(10)18(20,21)22/h2-5,7-8H,6H2,1H3,(H,23,24). The number of alkyl halides is 3. The molecule has 1 heterocycles. The van der Waals surface area contributed by atoms with E-state index < -0.39 is 17.7 Å². The molecule has 0 radical (unpaired) electrons. The van der Waals surface area contributed by atoms with Crippen molar-refractivity contribution in [2.75, 3.05) is 0 Å². The molecule has 0 saturated heterocycles. The van der Waals surface area contributed by atoms with E-state index in [1.165, 1.54) is 24.3 Å². The van der Waals surface area contributed by atoms with Crippen LogP contribution in [0.25, 0.3) is 11.0 Å². The van der Waals surface area contributed by atoms with Crippen LogP contribution in [0.3, 0.4) is 0 Å². The molecular formula is C18H12ClF3O3. The van der Waals surface area contributed by atoms with E-state index >= 15 is 0 Å². The molecule has 1 N–H and O–H groups in total. The molecule has 3 aromatic rings. The van der Waals surface area contributed by atoms with Gasteiger partial charge in [0.25, 0.3) is 0 Å². The lowest BCUT2D eigenvalue weighted by Gasteiger charge is -2.12. The normalized spacial score (nSPS) is 11.9. The van der Waals surface area contributed by atoms with E-state index in [1.54, 1.807) is 13.0 Å². The summed E-state index contributed by atoms with van der Waals surface area (Å²) in [6.45, 7) is 1.73. The Morgan fingerprint density at radius 2 is 1.92 bits per heavy atom. The van der Waals surface area contributed by atoms with Gasteiger partial charge in [0.1, 0.15) is 11.3 Å². The van der Waals surface area contributed by atoms with Gasteiger partial charge in [-0.3, -0.25) is 0 Å². The first-order valence-electron chi connectivity index (χ1n) is 7.28. The fraction of sp³-hybridized carbons (Fsp3) is 0.167. The zero-order valence-corrected chi connectivity index (χ0v) is 13.7. The van der Waals surface area contributed by atoms with Crippen molar-refractivity contribution in [3.63, 3.8) is 0 Å². The first-order valence-corrected chi connectivity index (χ1v) is 7.65. The molecule has 2 aromatic carbocycles. The Hall–Kier alpha value is -2.47. The second-order valence-corrected chi connectivity index (χ2v) is 6.08. The highest BCUT2D eigenvalue weighted by Crippen LogP contribution is 2.36. The maximum atomic E-state index is 13.2. The summed E-state index contributed by atoms with van der Waals surface area (Å²) in [4.78, 5) is 11.0. The maximum Gasteiger partial charge on any atom is 0.416 e. The second kappa shape index (κ2) is 6.11. The minimum Gasteiger partial charge on any atom is -0.478 e. The molecule has 0 bridgehead atoms. The van der Waals surface area contributed by atoms with Crippen LogP contribution in [-0.2, 0) is 12.6 Å². The Morgan fingerprint density at radius 3 is 2.56 bits per heavy atom. The quantitative estimate of drug-likeness (QED) is 0.645. The average Bonchev–Trinajstić information content (AvgIpc) is 2.83. The lowest BCUT2D eigenvalue weighted by atomic mass is 10.0. The number of hydrogen-bond donors (Lipinski definition) is 1. The molecule has 3 rings (SSSR count). The summed E-state index contributed by atoms with van der Waals surface area (Å²) < 4.78 is 45.3. The second-order valence-electron chi connectivity index (χ2n) is 5.64. The van der Waals surface area contributed by atoms with E-state index in [-0.39, 0.29) is 22.6 Å². The first kappa shape index (κ1) is 17.4. The van der Waals surface area contributed by atoms with E-state index in [4.69, 9.17) is 21.1 Å². The van der Waals surface area contributed by atoms with Gasteiger partial charge in [0.05, 0.1) is 11.1 Å². The molecule has 0 spiro atoms. The van der Waals surface area contributed by atoms with Crippen molar-refractivity contribution in [1.82, 2.24) is 0 Å².